The summed E-state index contributed by atoms with van der Waals surface area (Å²) in [6, 6.07) is 6.77. The van der Waals surface area contributed by atoms with Gasteiger partial charge in [0.2, 0.25) is 0 Å². The van der Waals surface area contributed by atoms with E-state index in [0.717, 1.165) is 11.0 Å². The van der Waals surface area contributed by atoms with Crippen LogP contribution in [0.25, 0.3) is 11.1 Å². The number of hydrogen-bond donors (Lipinski definition) is 3. The molecule has 0 saturated heterocycles. The molecule has 0 aliphatic carbocycles. The van der Waals surface area contributed by atoms with Gasteiger partial charge in [0, 0.05) is 16.8 Å². The number of aromatic hydroxyl groups is 1. The Labute approximate surface area is 132 Å². The SMILES string of the molecule is Bc1cc(Cl)cc(-c2cnc(C(=O)NCC(=O)O)c(O)c2)c1. The van der Waals surface area contributed by atoms with Crippen LogP contribution in [0.5, 0.6) is 5.75 Å². The summed E-state index contributed by atoms with van der Waals surface area (Å²) in [5.41, 5.74) is 2.07. The molecule has 112 valence electrons. The Bertz CT molecular complexity index is 731. The van der Waals surface area contributed by atoms with E-state index >= 15 is 0 Å². The smallest absolute Gasteiger partial charge is 0.322 e. The summed E-state index contributed by atoms with van der Waals surface area (Å²) in [5, 5.41) is 21.1. The molecule has 6 nitrogen and oxygen atoms in total. The molecule has 1 aromatic carbocycles. The van der Waals surface area contributed by atoms with Gasteiger partial charge in [-0.2, -0.15) is 0 Å². The van der Waals surface area contributed by atoms with Crippen LogP contribution in [-0.2, 0) is 4.79 Å². The number of rotatable bonds is 4. The van der Waals surface area contributed by atoms with Gasteiger partial charge in [-0.1, -0.05) is 23.1 Å². The van der Waals surface area contributed by atoms with Gasteiger partial charge in [0.25, 0.3) is 5.91 Å². The highest BCUT2D eigenvalue weighted by Gasteiger charge is 2.15. The van der Waals surface area contributed by atoms with Crippen molar-refractivity contribution in [1.82, 2.24) is 10.3 Å². The molecule has 1 heterocycles. The van der Waals surface area contributed by atoms with E-state index in [2.05, 4.69) is 10.3 Å². The van der Waals surface area contributed by atoms with E-state index in [0.29, 0.717) is 10.6 Å². The Morgan fingerprint density at radius 3 is 2.55 bits per heavy atom. The van der Waals surface area contributed by atoms with Crippen molar-refractivity contribution >= 4 is 36.8 Å². The third kappa shape index (κ3) is 3.76. The first kappa shape index (κ1) is 15.8. The maximum Gasteiger partial charge on any atom is 0.322 e. The molecule has 0 radical (unpaired) electrons. The third-order valence-electron chi connectivity index (χ3n) is 2.86. The van der Waals surface area contributed by atoms with Crippen molar-refractivity contribution in [3.05, 3.63) is 41.2 Å². The number of benzene rings is 1. The van der Waals surface area contributed by atoms with Crippen molar-refractivity contribution in [2.24, 2.45) is 0 Å². The second kappa shape index (κ2) is 6.49. The Hall–Kier alpha value is -2.54. The maximum atomic E-state index is 11.7. The lowest BCUT2D eigenvalue weighted by Crippen LogP contribution is -2.29. The predicted octanol–water partition coefficient (Wildman–Crippen LogP) is 0.180. The number of nitrogens with one attached hydrogen (secondary N) is 1. The minimum absolute atomic E-state index is 0.233. The van der Waals surface area contributed by atoms with Gasteiger partial charge in [-0.15, -0.1) is 0 Å². The largest absolute Gasteiger partial charge is 0.505 e. The second-order valence-electron chi connectivity index (χ2n) is 4.69. The summed E-state index contributed by atoms with van der Waals surface area (Å²) >= 11 is 5.99. The lowest BCUT2D eigenvalue weighted by atomic mass is 9.92. The molecule has 0 atom stereocenters. The molecule has 3 N–H and O–H groups in total. The highest BCUT2D eigenvalue weighted by atomic mass is 35.5. The van der Waals surface area contributed by atoms with Gasteiger partial charge in [0.15, 0.2) is 5.69 Å². The van der Waals surface area contributed by atoms with E-state index < -0.39 is 18.4 Å². The number of hydrogen-bond acceptors (Lipinski definition) is 4. The number of aromatic nitrogens is 1. The number of carboxylic acid groups (broad SMARTS) is 1. The number of halogens is 1. The predicted molar refractivity (Wildman–Crippen MR) is 84.5 cm³/mol. The normalized spacial score (nSPS) is 10.2. The number of amides is 1. The molecule has 0 aliphatic heterocycles. The molecule has 1 amide bonds. The maximum absolute atomic E-state index is 11.7. The van der Waals surface area contributed by atoms with Gasteiger partial charge in [-0.3, -0.25) is 9.59 Å². The van der Waals surface area contributed by atoms with E-state index in [-0.39, 0.29) is 11.4 Å². The first-order chi connectivity index (χ1) is 10.4. The fourth-order valence-corrected chi connectivity index (χ4v) is 2.22. The van der Waals surface area contributed by atoms with Crippen LogP contribution in [0.4, 0.5) is 0 Å². The number of carbonyl (C=O) groups excluding carboxylic acids is 1. The average molecular weight is 319 g/mol. The van der Waals surface area contributed by atoms with Gasteiger partial charge in [0.05, 0.1) is 0 Å². The first-order valence-electron chi connectivity index (χ1n) is 6.33. The second-order valence-corrected chi connectivity index (χ2v) is 5.12. The Morgan fingerprint density at radius 2 is 1.95 bits per heavy atom. The third-order valence-corrected chi connectivity index (χ3v) is 3.08. The number of carboxylic acids is 1. The zero-order valence-corrected chi connectivity index (χ0v) is 12.4. The van der Waals surface area contributed by atoms with Crippen LogP contribution >= 0.6 is 11.6 Å². The summed E-state index contributed by atoms with van der Waals surface area (Å²) in [5.74, 6) is -2.27. The molecule has 0 unspecified atom stereocenters. The number of pyridine rings is 1. The summed E-state index contributed by atoms with van der Waals surface area (Å²) in [6.07, 6.45) is 1.42. The van der Waals surface area contributed by atoms with Gasteiger partial charge in [-0.25, -0.2) is 4.98 Å². The fraction of sp³-hybridized carbons (Fsp3) is 0.0714. The van der Waals surface area contributed by atoms with E-state index in [1.54, 1.807) is 12.1 Å². The summed E-state index contributed by atoms with van der Waals surface area (Å²) in [7, 11) is 1.89. The zero-order valence-electron chi connectivity index (χ0n) is 11.6. The van der Waals surface area contributed by atoms with Gasteiger partial charge in [0.1, 0.15) is 20.1 Å². The molecular weight excluding hydrogens is 306 g/mol. The Kier molecular flexibility index (Phi) is 4.67. The molecule has 0 saturated carbocycles. The van der Waals surface area contributed by atoms with E-state index in [1.807, 2.05) is 13.9 Å². The van der Waals surface area contributed by atoms with Crippen molar-refractivity contribution in [3.63, 3.8) is 0 Å². The lowest BCUT2D eigenvalue weighted by Gasteiger charge is -2.08. The highest BCUT2D eigenvalue weighted by Crippen LogP contribution is 2.25. The van der Waals surface area contributed by atoms with Gasteiger partial charge in [-0.05, 0) is 23.8 Å². The molecule has 2 aromatic rings. The highest BCUT2D eigenvalue weighted by molar-refractivity contribution is 6.36. The lowest BCUT2D eigenvalue weighted by molar-refractivity contribution is -0.135. The molecule has 0 aliphatic rings. The van der Waals surface area contributed by atoms with Crippen molar-refractivity contribution in [3.8, 4) is 16.9 Å². The molecule has 2 rings (SSSR count). The molecule has 8 heteroatoms. The molecule has 1 aromatic heterocycles. The summed E-state index contributed by atoms with van der Waals surface area (Å²) in [6.45, 7) is -0.546. The Balaban J connectivity index is 2.29. The molecule has 0 bridgehead atoms. The summed E-state index contributed by atoms with van der Waals surface area (Å²) < 4.78 is 0. The minimum Gasteiger partial charge on any atom is -0.505 e. The van der Waals surface area contributed by atoms with Crippen LogP contribution in [0.1, 0.15) is 10.5 Å². The van der Waals surface area contributed by atoms with Crippen LogP contribution in [0.15, 0.2) is 30.5 Å². The van der Waals surface area contributed by atoms with Crippen LogP contribution in [-0.4, -0.2) is 41.5 Å². The molecule has 22 heavy (non-hydrogen) atoms. The van der Waals surface area contributed by atoms with Crippen molar-refractivity contribution in [2.45, 2.75) is 0 Å². The topological polar surface area (TPSA) is 99.5 Å². The first-order valence-corrected chi connectivity index (χ1v) is 6.71. The Morgan fingerprint density at radius 1 is 1.23 bits per heavy atom. The van der Waals surface area contributed by atoms with Crippen molar-refractivity contribution in [1.29, 1.82) is 0 Å². The van der Waals surface area contributed by atoms with E-state index in [4.69, 9.17) is 16.7 Å². The molecule has 0 spiro atoms. The number of nitrogens with zero attached hydrogens (tertiary/aromatic N) is 1. The van der Waals surface area contributed by atoms with Crippen LogP contribution in [0.3, 0.4) is 0 Å². The van der Waals surface area contributed by atoms with Crippen molar-refractivity contribution < 1.29 is 19.8 Å². The van der Waals surface area contributed by atoms with E-state index in [9.17, 15) is 14.7 Å². The monoisotopic (exact) mass is 318 g/mol. The molecule has 0 fully saturated rings. The number of carbonyl (C=O) groups is 2. The zero-order chi connectivity index (χ0) is 16.3. The standard InChI is InChI=1S/C14H12BClN2O4/c15-9-1-7(2-10(16)4-9)8-3-11(19)13(17-5-8)14(22)18-6-12(20)21/h1-5,19H,6,15H2,(H,18,22)(H,20,21). The van der Waals surface area contributed by atoms with Gasteiger partial charge < -0.3 is 15.5 Å². The van der Waals surface area contributed by atoms with Crippen LogP contribution in [0.2, 0.25) is 5.02 Å². The van der Waals surface area contributed by atoms with Gasteiger partial charge >= 0.3 is 5.97 Å². The number of aliphatic carboxylic acids is 1. The van der Waals surface area contributed by atoms with Crippen LogP contribution < -0.4 is 10.8 Å². The minimum atomic E-state index is -1.18. The van der Waals surface area contributed by atoms with E-state index in [1.165, 1.54) is 12.3 Å². The van der Waals surface area contributed by atoms with Crippen molar-refractivity contribution in [2.75, 3.05) is 6.54 Å². The summed E-state index contributed by atoms with van der Waals surface area (Å²) in [4.78, 5) is 26.0. The van der Waals surface area contributed by atoms with Crippen LogP contribution in [0, 0.1) is 0 Å². The quantitative estimate of drug-likeness (QED) is 0.698. The molecular formula is C14H12BClN2O4. The average Bonchev–Trinajstić information content (AvgIpc) is 2.43. The fourth-order valence-electron chi connectivity index (χ4n) is 1.93.